The molecular weight excluding hydrogens is 256 g/mol. The SMILES string of the molecule is Cc1ccc(C)c(-n2nc(C(=O)O)c3c2CCOC3)c1. The molecule has 2 aromatic rings. The largest absolute Gasteiger partial charge is 0.476 e. The molecule has 3 rings (SSSR count). The van der Waals surface area contributed by atoms with Crippen molar-refractivity contribution in [1.29, 1.82) is 0 Å². The number of carboxylic acid groups (broad SMARTS) is 1. The summed E-state index contributed by atoms with van der Waals surface area (Å²) in [7, 11) is 0. The number of ether oxygens (including phenoxy) is 1. The first-order valence-corrected chi connectivity index (χ1v) is 6.57. The summed E-state index contributed by atoms with van der Waals surface area (Å²) in [6.07, 6.45) is 0.684. The third kappa shape index (κ3) is 2.00. The lowest BCUT2D eigenvalue weighted by molar-refractivity contribution is 0.0677. The van der Waals surface area contributed by atoms with Gasteiger partial charge >= 0.3 is 5.97 Å². The molecule has 0 bridgehead atoms. The molecule has 0 saturated carbocycles. The van der Waals surface area contributed by atoms with Crippen LogP contribution in [0.1, 0.15) is 32.9 Å². The molecule has 0 radical (unpaired) electrons. The Kier molecular flexibility index (Phi) is 3.06. The van der Waals surface area contributed by atoms with Crippen molar-refractivity contribution in [1.82, 2.24) is 9.78 Å². The lowest BCUT2D eigenvalue weighted by Crippen LogP contribution is -2.14. The minimum absolute atomic E-state index is 0.0978. The number of aromatic carboxylic acids is 1. The molecule has 0 atom stereocenters. The van der Waals surface area contributed by atoms with Crippen molar-refractivity contribution in [3.8, 4) is 5.69 Å². The zero-order valence-electron chi connectivity index (χ0n) is 11.5. The maximum Gasteiger partial charge on any atom is 0.356 e. The second-order valence-electron chi connectivity index (χ2n) is 5.08. The normalized spacial score (nSPS) is 14.1. The number of carboxylic acids is 1. The Morgan fingerprint density at radius 2 is 2.20 bits per heavy atom. The Morgan fingerprint density at radius 3 is 2.95 bits per heavy atom. The summed E-state index contributed by atoms with van der Waals surface area (Å²) >= 11 is 0. The highest BCUT2D eigenvalue weighted by Gasteiger charge is 2.26. The first-order chi connectivity index (χ1) is 9.58. The lowest BCUT2D eigenvalue weighted by Gasteiger charge is -2.16. The van der Waals surface area contributed by atoms with Crippen LogP contribution in [0.3, 0.4) is 0 Å². The summed E-state index contributed by atoms with van der Waals surface area (Å²) in [5.41, 5.74) is 4.88. The fourth-order valence-corrected chi connectivity index (χ4v) is 2.56. The molecule has 1 aromatic carbocycles. The van der Waals surface area contributed by atoms with E-state index in [4.69, 9.17) is 4.74 Å². The van der Waals surface area contributed by atoms with Gasteiger partial charge in [0.2, 0.25) is 0 Å². The number of carbonyl (C=O) groups is 1. The standard InChI is InChI=1S/C15H16N2O3/c1-9-3-4-10(2)13(7-9)17-12-5-6-20-8-11(12)14(16-17)15(18)19/h3-4,7H,5-6,8H2,1-2H3,(H,18,19). The number of aryl methyl sites for hydroxylation is 2. The average Bonchev–Trinajstić information content (AvgIpc) is 2.81. The fraction of sp³-hybridized carbons (Fsp3) is 0.333. The molecule has 0 amide bonds. The minimum atomic E-state index is -1.00. The monoisotopic (exact) mass is 272 g/mol. The van der Waals surface area contributed by atoms with E-state index in [0.29, 0.717) is 25.2 Å². The summed E-state index contributed by atoms with van der Waals surface area (Å²) in [6, 6.07) is 6.10. The van der Waals surface area contributed by atoms with E-state index < -0.39 is 5.97 Å². The molecule has 1 aliphatic rings. The zero-order valence-corrected chi connectivity index (χ0v) is 11.5. The molecular formula is C15H16N2O3. The molecule has 1 aliphatic heterocycles. The van der Waals surface area contributed by atoms with Crippen LogP contribution in [-0.4, -0.2) is 27.5 Å². The van der Waals surface area contributed by atoms with E-state index in [1.807, 2.05) is 32.0 Å². The highest BCUT2D eigenvalue weighted by atomic mass is 16.5. The zero-order chi connectivity index (χ0) is 14.3. The van der Waals surface area contributed by atoms with Crippen LogP contribution in [0.25, 0.3) is 5.69 Å². The molecule has 0 unspecified atom stereocenters. The second-order valence-corrected chi connectivity index (χ2v) is 5.08. The van der Waals surface area contributed by atoms with Crippen LogP contribution in [0.2, 0.25) is 0 Å². The fourth-order valence-electron chi connectivity index (χ4n) is 2.56. The molecule has 1 aromatic heterocycles. The van der Waals surface area contributed by atoms with E-state index >= 15 is 0 Å². The smallest absolute Gasteiger partial charge is 0.356 e. The summed E-state index contributed by atoms with van der Waals surface area (Å²) in [4.78, 5) is 11.3. The molecule has 104 valence electrons. The van der Waals surface area contributed by atoms with Gasteiger partial charge in [0.05, 0.1) is 24.6 Å². The number of hydrogen-bond donors (Lipinski definition) is 1. The minimum Gasteiger partial charge on any atom is -0.476 e. The number of nitrogens with zero attached hydrogens (tertiary/aromatic N) is 2. The van der Waals surface area contributed by atoms with Gasteiger partial charge in [-0.3, -0.25) is 0 Å². The molecule has 0 fully saturated rings. The number of fused-ring (bicyclic) bond motifs is 1. The molecule has 5 nitrogen and oxygen atoms in total. The van der Waals surface area contributed by atoms with Gasteiger partial charge in [-0.15, -0.1) is 0 Å². The van der Waals surface area contributed by atoms with E-state index in [-0.39, 0.29) is 5.69 Å². The third-order valence-electron chi connectivity index (χ3n) is 3.61. The predicted molar refractivity (Wildman–Crippen MR) is 73.4 cm³/mol. The Hall–Kier alpha value is -2.14. The average molecular weight is 272 g/mol. The second kappa shape index (κ2) is 4.76. The maximum atomic E-state index is 11.3. The van der Waals surface area contributed by atoms with Crippen molar-refractivity contribution in [2.24, 2.45) is 0 Å². The van der Waals surface area contributed by atoms with E-state index in [0.717, 1.165) is 22.5 Å². The van der Waals surface area contributed by atoms with Crippen LogP contribution in [0.5, 0.6) is 0 Å². The quantitative estimate of drug-likeness (QED) is 0.910. The van der Waals surface area contributed by atoms with Crippen LogP contribution < -0.4 is 0 Å². The van der Waals surface area contributed by atoms with E-state index in [9.17, 15) is 9.90 Å². The Balaban J connectivity index is 2.23. The highest BCUT2D eigenvalue weighted by molar-refractivity contribution is 5.87. The van der Waals surface area contributed by atoms with Gasteiger partial charge in [-0.1, -0.05) is 12.1 Å². The van der Waals surface area contributed by atoms with Crippen molar-refractivity contribution >= 4 is 5.97 Å². The molecule has 2 heterocycles. The Labute approximate surface area is 116 Å². The van der Waals surface area contributed by atoms with Crippen LogP contribution in [0, 0.1) is 13.8 Å². The molecule has 0 aliphatic carbocycles. The van der Waals surface area contributed by atoms with Gasteiger partial charge in [0, 0.05) is 12.0 Å². The van der Waals surface area contributed by atoms with Crippen LogP contribution >= 0.6 is 0 Å². The number of rotatable bonds is 2. The van der Waals surface area contributed by atoms with Gasteiger partial charge in [0.25, 0.3) is 0 Å². The van der Waals surface area contributed by atoms with Crippen molar-refractivity contribution in [2.45, 2.75) is 26.9 Å². The highest BCUT2D eigenvalue weighted by Crippen LogP contribution is 2.26. The summed E-state index contributed by atoms with van der Waals surface area (Å²) < 4.78 is 7.14. The Bertz CT molecular complexity index is 689. The van der Waals surface area contributed by atoms with Gasteiger partial charge in [0.1, 0.15) is 0 Å². The van der Waals surface area contributed by atoms with Crippen molar-refractivity contribution in [2.75, 3.05) is 6.61 Å². The number of hydrogen-bond acceptors (Lipinski definition) is 3. The first kappa shape index (κ1) is 12.9. The first-order valence-electron chi connectivity index (χ1n) is 6.57. The number of aromatic nitrogens is 2. The molecule has 0 saturated heterocycles. The summed E-state index contributed by atoms with van der Waals surface area (Å²) in [5, 5.41) is 13.6. The van der Waals surface area contributed by atoms with E-state index in [1.54, 1.807) is 4.68 Å². The van der Waals surface area contributed by atoms with Gasteiger partial charge in [-0.25, -0.2) is 9.48 Å². The molecule has 1 N–H and O–H groups in total. The number of benzene rings is 1. The maximum absolute atomic E-state index is 11.3. The molecule has 5 heteroatoms. The summed E-state index contributed by atoms with van der Waals surface area (Å²) in [6.45, 7) is 4.94. The Morgan fingerprint density at radius 1 is 1.40 bits per heavy atom. The molecule has 20 heavy (non-hydrogen) atoms. The third-order valence-corrected chi connectivity index (χ3v) is 3.61. The van der Waals surface area contributed by atoms with Gasteiger partial charge in [0.15, 0.2) is 5.69 Å². The van der Waals surface area contributed by atoms with Crippen molar-refractivity contribution in [3.05, 3.63) is 46.3 Å². The molecule has 0 spiro atoms. The van der Waals surface area contributed by atoms with Gasteiger partial charge < -0.3 is 9.84 Å². The van der Waals surface area contributed by atoms with Gasteiger partial charge in [-0.2, -0.15) is 5.10 Å². The van der Waals surface area contributed by atoms with Crippen LogP contribution in [-0.2, 0) is 17.8 Å². The van der Waals surface area contributed by atoms with E-state index in [2.05, 4.69) is 5.10 Å². The predicted octanol–water partition coefficient (Wildman–Crippen LogP) is 2.26. The van der Waals surface area contributed by atoms with Crippen molar-refractivity contribution < 1.29 is 14.6 Å². The summed E-state index contributed by atoms with van der Waals surface area (Å²) in [5.74, 6) is -1.00. The lowest BCUT2D eigenvalue weighted by atomic mass is 10.1. The van der Waals surface area contributed by atoms with E-state index in [1.165, 1.54) is 0 Å². The van der Waals surface area contributed by atoms with Crippen molar-refractivity contribution in [3.63, 3.8) is 0 Å². The van der Waals surface area contributed by atoms with Crippen LogP contribution in [0.4, 0.5) is 0 Å². The topological polar surface area (TPSA) is 64.4 Å². The van der Waals surface area contributed by atoms with Crippen LogP contribution in [0.15, 0.2) is 18.2 Å². The van der Waals surface area contributed by atoms with Gasteiger partial charge in [-0.05, 0) is 31.0 Å².